The van der Waals surface area contributed by atoms with Crippen LogP contribution in [0.15, 0.2) is 0 Å². The molecule has 15 heavy (non-hydrogen) atoms. The highest BCUT2D eigenvalue weighted by Gasteiger charge is 2.17. The van der Waals surface area contributed by atoms with Crippen LogP contribution < -0.4 is 10.6 Å². The molecule has 5 heteroatoms. The predicted molar refractivity (Wildman–Crippen MR) is 57.6 cm³/mol. The van der Waals surface area contributed by atoms with E-state index in [4.69, 9.17) is 5.11 Å². The van der Waals surface area contributed by atoms with Gasteiger partial charge in [0, 0.05) is 18.5 Å². The summed E-state index contributed by atoms with van der Waals surface area (Å²) in [5, 5.41) is 14.2. The molecule has 0 fully saturated rings. The molecule has 5 nitrogen and oxygen atoms in total. The fourth-order valence-corrected chi connectivity index (χ4v) is 1.25. The number of aliphatic carboxylic acids is 1. The van der Waals surface area contributed by atoms with Gasteiger partial charge in [-0.3, -0.25) is 9.59 Å². The Morgan fingerprint density at radius 3 is 2.40 bits per heavy atom. The predicted octanol–water partition coefficient (Wildman–Crippen LogP) is 0.211. The monoisotopic (exact) mass is 216 g/mol. The summed E-state index contributed by atoms with van der Waals surface area (Å²) in [6.07, 6.45) is 0.610. The molecule has 0 rings (SSSR count). The lowest BCUT2D eigenvalue weighted by Crippen LogP contribution is -2.41. The van der Waals surface area contributed by atoms with Crippen molar-refractivity contribution in [3.05, 3.63) is 0 Å². The van der Waals surface area contributed by atoms with Crippen LogP contribution in [0.2, 0.25) is 0 Å². The third-order valence-electron chi connectivity index (χ3n) is 2.22. The Labute approximate surface area is 90.2 Å². The standard InChI is InChI=1S/C10H20N2O3/c1-4-8(5-9(13)14)12-10(15)7(2)6-11-3/h7-8,11H,4-6H2,1-3H3,(H,12,15)(H,13,14). The molecule has 0 aliphatic carbocycles. The van der Waals surface area contributed by atoms with Crippen molar-refractivity contribution < 1.29 is 14.7 Å². The van der Waals surface area contributed by atoms with E-state index in [0.717, 1.165) is 0 Å². The highest BCUT2D eigenvalue weighted by Crippen LogP contribution is 2.00. The van der Waals surface area contributed by atoms with E-state index in [2.05, 4.69) is 10.6 Å². The van der Waals surface area contributed by atoms with Gasteiger partial charge in [0.05, 0.1) is 6.42 Å². The number of amides is 1. The van der Waals surface area contributed by atoms with Gasteiger partial charge in [0.15, 0.2) is 0 Å². The van der Waals surface area contributed by atoms with E-state index in [1.54, 1.807) is 14.0 Å². The van der Waals surface area contributed by atoms with Crippen molar-refractivity contribution in [3.63, 3.8) is 0 Å². The average Bonchev–Trinajstić information content (AvgIpc) is 2.16. The summed E-state index contributed by atoms with van der Waals surface area (Å²) in [6, 6.07) is -0.269. The fourth-order valence-electron chi connectivity index (χ4n) is 1.25. The normalized spacial score (nSPS) is 14.3. The van der Waals surface area contributed by atoms with E-state index < -0.39 is 5.97 Å². The molecule has 2 unspecified atom stereocenters. The third kappa shape index (κ3) is 6.06. The summed E-state index contributed by atoms with van der Waals surface area (Å²) < 4.78 is 0. The van der Waals surface area contributed by atoms with Crippen molar-refractivity contribution >= 4 is 11.9 Å². The molecule has 0 radical (unpaired) electrons. The third-order valence-corrected chi connectivity index (χ3v) is 2.22. The smallest absolute Gasteiger partial charge is 0.305 e. The number of rotatable bonds is 7. The van der Waals surface area contributed by atoms with E-state index in [9.17, 15) is 9.59 Å². The van der Waals surface area contributed by atoms with Gasteiger partial charge in [-0.25, -0.2) is 0 Å². The summed E-state index contributed by atoms with van der Waals surface area (Å²) in [4.78, 5) is 22.0. The minimum Gasteiger partial charge on any atom is -0.481 e. The van der Waals surface area contributed by atoms with Crippen LogP contribution >= 0.6 is 0 Å². The van der Waals surface area contributed by atoms with E-state index in [1.165, 1.54) is 0 Å². The van der Waals surface area contributed by atoms with E-state index in [-0.39, 0.29) is 24.3 Å². The second-order valence-electron chi connectivity index (χ2n) is 3.67. The topological polar surface area (TPSA) is 78.4 Å². The molecule has 0 bridgehead atoms. The maximum absolute atomic E-state index is 11.5. The Morgan fingerprint density at radius 2 is 2.00 bits per heavy atom. The first-order valence-corrected chi connectivity index (χ1v) is 5.18. The molecule has 0 saturated heterocycles. The number of carbonyl (C=O) groups is 2. The molecule has 88 valence electrons. The van der Waals surface area contributed by atoms with Crippen LogP contribution in [-0.4, -0.2) is 36.6 Å². The molecule has 0 spiro atoms. The van der Waals surface area contributed by atoms with E-state index in [1.807, 2.05) is 6.92 Å². The van der Waals surface area contributed by atoms with Crippen LogP contribution in [0.5, 0.6) is 0 Å². The zero-order chi connectivity index (χ0) is 11.8. The highest BCUT2D eigenvalue weighted by molar-refractivity contribution is 5.79. The maximum atomic E-state index is 11.5. The Hall–Kier alpha value is -1.10. The zero-order valence-corrected chi connectivity index (χ0v) is 9.54. The number of carboxylic acids is 1. The number of hydrogen-bond donors (Lipinski definition) is 3. The number of hydrogen-bond acceptors (Lipinski definition) is 3. The minimum atomic E-state index is -0.886. The van der Waals surface area contributed by atoms with Gasteiger partial charge in [-0.1, -0.05) is 13.8 Å². The molecule has 2 atom stereocenters. The van der Waals surface area contributed by atoms with E-state index >= 15 is 0 Å². The molecule has 0 aliphatic rings. The molecular formula is C10H20N2O3. The van der Waals surface area contributed by atoms with E-state index in [0.29, 0.717) is 13.0 Å². The van der Waals surface area contributed by atoms with Crippen LogP contribution in [0.25, 0.3) is 0 Å². The molecule has 0 saturated carbocycles. The Kier molecular flexibility index (Phi) is 6.70. The molecule has 3 N–H and O–H groups in total. The molecule has 0 aromatic rings. The Morgan fingerprint density at radius 1 is 1.40 bits per heavy atom. The molecule has 1 amide bonds. The van der Waals surface area contributed by atoms with Gasteiger partial charge in [-0.15, -0.1) is 0 Å². The first-order chi connectivity index (χ1) is 7.01. The molecule has 0 aliphatic heterocycles. The minimum absolute atomic E-state index is 0.0193. The SMILES string of the molecule is CCC(CC(=O)O)NC(=O)C(C)CNC. The summed E-state index contributed by atoms with van der Waals surface area (Å²) >= 11 is 0. The lowest BCUT2D eigenvalue weighted by Gasteiger charge is -2.18. The molecule has 0 aromatic heterocycles. The van der Waals surface area contributed by atoms with Gasteiger partial charge < -0.3 is 15.7 Å². The maximum Gasteiger partial charge on any atom is 0.305 e. The van der Waals surface area contributed by atoms with Crippen LogP contribution in [0, 0.1) is 5.92 Å². The zero-order valence-electron chi connectivity index (χ0n) is 9.54. The number of carboxylic acid groups (broad SMARTS) is 1. The van der Waals surface area contributed by atoms with Crippen LogP contribution in [0.1, 0.15) is 26.7 Å². The lowest BCUT2D eigenvalue weighted by molar-refractivity contribution is -0.137. The van der Waals surface area contributed by atoms with Gasteiger partial charge in [0.25, 0.3) is 0 Å². The van der Waals surface area contributed by atoms with Crippen LogP contribution in [-0.2, 0) is 9.59 Å². The highest BCUT2D eigenvalue weighted by atomic mass is 16.4. The second-order valence-corrected chi connectivity index (χ2v) is 3.67. The van der Waals surface area contributed by atoms with Gasteiger partial charge >= 0.3 is 5.97 Å². The van der Waals surface area contributed by atoms with Crippen molar-refractivity contribution in [2.24, 2.45) is 5.92 Å². The number of carbonyl (C=O) groups excluding carboxylic acids is 1. The summed E-state index contributed by atoms with van der Waals surface area (Å²) in [5.74, 6) is -1.13. The molecule has 0 heterocycles. The second kappa shape index (κ2) is 7.23. The van der Waals surface area contributed by atoms with Gasteiger partial charge in [-0.2, -0.15) is 0 Å². The van der Waals surface area contributed by atoms with Crippen molar-refractivity contribution in [2.45, 2.75) is 32.7 Å². The molecule has 0 aromatic carbocycles. The van der Waals surface area contributed by atoms with Crippen LogP contribution in [0.4, 0.5) is 0 Å². The molecular weight excluding hydrogens is 196 g/mol. The summed E-state index contributed by atoms with van der Waals surface area (Å²) in [7, 11) is 1.78. The van der Waals surface area contributed by atoms with Gasteiger partial charge in [0.1, 0.15) is 0 Å². The fraction of sp³-hybridized carbons (Fsp3) is 0.800. The van der Waals surface area contributed by atoms with Crippen molar-refractivity contribution in [1.29, 1.82) is 0 Å². The van der Waals surface area contributed by atoms with Gasteiger partial charge in [-0.05, 0) is 13.5 Å². The van der Waals surface area contributed by atoms with Crippen molar-refractivity contribution in [2.75, 3.05) is 13.6 Å². The Bertz CT molecular complexity index is 219. The number of nitrogens with one attached hydrogen (secondary N) is 2. The van der Waals surface area contributed by atoms with Crippen molar-refractivity contribution in [1.82, 2.24) is 10.6 Å². The van der Waals surface area contributed by atoms with Crippen molar-refractivity contribution in [3.8, 4) is 0 Å². The Balaban J connectivity index is 4.05. The quantitative estimate of drug-likeness (QED) is 0.568. The lowest BCUT2D eigenvalue weighted by atomic mass is 10.1. The average molecular weight is 216 g/mol. The van der Waals surface area contributed by atoms with Gasteiger partial charge in [0.2, 0.25) is 5.91 Å². The van der Waals surface area contributed by atoms with Crippen LogP contribution in [0.3, 0.4) is 0 Å². The summed E-state index contributed by atoms with van der Waals surface area (Å²) in [6.45, 7) is 4.26. The first kappa shape index (κ1) is 13.9. The summed E-state index contributed by atoms with van der Waals surface area (Å²) in [5.41, 5.74) is 0. The largest absolute Gasteiger partial charge is 0.481 e. The first-order valence-electron chi connectivity index (χ1n) is 5.18.